The first-order chi connectivity index (χ1) is 15.3. The molecule has 0 saturated carbocycles. The molecule has 2 aromatic carbocycles. The van der Waals surface area contributed by atoms with E-state index in [1.807, 2.05) is 26.0 Å². The van der Waals surface area contributed by atoms with Crippen LogP contribution in [0.1, 0.15) is 43.0 Å². The number of hydrogen-bond donors (Lipinski definition) is 1. The topological polar surface area (TPSA) is 69.0 Å². The second-order valence-corrected chi connectivity index (χ2v) is 8.80. The maximum absolute atomic E-state index is 13.6. The molecule has 0 bridgehead atoms. The Morgan fingerprint density at radius 1 is 1.19 bits per heavy atom. The van der Waals surface area contributed by atoms with Crippen LogP contribution < -0.4 is 10.2 Å². The van der Waals surface area contributed by atoms with Crippen molar-refractivity contribution in [2.45, 2.75) is 37.9 Å². The highest BCUT2D eigenvalue weighted by Gasteiger charge is 2.43. The van der Waals surface area contributed by atoms with Crippen LogP contribution in [0.25, 0.3) is 0 Å². The van der Waals surface area contributed by atoms with Crippen LogP contribution in [0.15, 0.2) is 66.9 Å². The molecule has 1 fully saturated rings. The third kappa shape index (κ3) is 4.36. The summed E-state index contributed by atoms with van der Waals surface area (Å²) >= 11 is 6.00. The second kappa shape index (κ2) is 8.70. The van der Waals surface area contributed by atoms with Gasteiger partial charge in [-0.15, -0.1) is 0 Å². The van der Waals surface area contributed by atoms with Crippen molar-refractivity contribution in [3.63, 3.8) is 0 Å². The molecule has 5 nitrogen and oxygen atoms in total. The van der Waals surface area contributed by atoms with E-state index in [4.69, 9.17) is 11.6 Å². The number of nitrogens with zero attached hydrogens (tertiary/aromatic N) is 3. The molecular formula is C25H22ClFN4O. The number of benzene rings is 2. The Bertz CT molecular complexity index is 1170. The van der Waals surface area contributed by atoms with Crippen molar-refractivity contribution in [3.8, 4) is 6.07 Å². The summed E-state index contributed by atoms with van der Waals surface area (Å²) in [5.41, 5.74) is 1.69. The molecule has 1 saturated heterocycles. The Morgan fingerprint density at radius 2 is 1.94 bits per heavy atom. The molecule has 162 valence electrons. The minimum absolute atomic E-state index is 0.123. The number of anilines is 1. The summed E-state index contributed by atoms with van der Waals surface area (Å²) in [6.45, 7) is 3.92. The van der Waals surface area contributed by atoms with Gasteiger partial charge in [-0.3, -0.25) is 15.0 Å². The smallest absolute Gasteiger partial charge is 0.245 e. The van der Waals surface area contributed by atoms with Crippen molar-refractivity contribution in [2.75, 3.05) is 4.90 Å². The molecule has 0 aliphatic carbocycles. The lowest BCUT2D eigenvalue weighted by atomic mass is 9.92. The van der Waals surface area contributed by atoms with Gasteiger partial charge in [0.25, 0.3) is 0 Å². The highest BCUT2D eigenvalue weighted by molar-refractivity contribution is 6.30. The molecule has 1 aliphatic rings. The Kier molecular flexibility index (Phi) is 5.96. The maximum Gasteiger partial charge on any atom is 0.245 e. The molecule has 4 rings (SSSR count). The average molecular weight is 449 g/mol. The van der Waals surface area contributed by atoms with Crippen molar-refractivity contribution in [1.29, 1.82) is 5.26 Å². The number of nitriles is 1. The quantitative estimate of drug-likeness (QED) is 0.588. The second-order valence-electron chi connectivity index (χ2n) is 8.36. The van der Waals surface area contributed by atoms with Gasteiger partial charge in [0.1, 0.15) is 11.6 Å². The van der Waals surface area contributed by atoms with Crippen LogP contribution in [0.4, 0.5) is 10.2 Å². The molecule has 1 amide bonds. The summed E-state index contributed by atoms with van der Waals surface area (Å²) in [6, 6.07) is 18.3. The van der Waals surface area contributed by atoms with Gasteiger partial charge < -0.3 is 0 Å². The van der Waals surface area contributed by atoms with E-state index < -0.39 is 11.6 Å². The van der Waals surface area contributed by atoms with E-state index in [2.05, 4.69) is 16.4 Å². The highest BCUT2D eigenvalue weighted by atomic mass is 35.5. The monoisotopic (exact) mass is 448 g/mol. The number of rotatable bonds is 5. The fraction of sp³-hybridized carbons (Fsp3) is 0.240. The van der Waals surface area contributed by atoms with Gasteiger partial charge in [0.15, 0.2) is 0 Å². The molecule has 2 heterocycles. The molecule has 1 aromatic heterocycles. The molecule has 2 atom stereocenters. The number of halogens is 2. The van der Waals surface area contributed by atoms with E-state index in [9.17, 15) is 14.4 Å². The maximum atomic E-state index is 13.6. The van der Waals surface area contributed by atoms with Gasteiger partial charge in [-0.2, -0.15) is 5.26 Å². The first-order valence-corrected chi connectivity index (χ1v) is 10.6. The van der Waals surface area contributed by atoms with Gasteiger partial charge in [0, 0.05) is 11.7 Å². The predicted molar refractivity (Wildman–Crippen MR) is 122 cm³/mol. The standard InChI is InChI=1S/C25H22ClFN4O/c1-25(2,18-6-9-20(27)10-7-18)30-21-13-22(17-5-3-4-16(12-17)14-28)31(24(21)32)23-11-8-19(26)15-29-23/h3-12,15,21-22,30H,13H2,1-2H3/t21-,22-/m1/s1. The van der Waals surface area contributed by atoms with Crippen LogP contribution in [0, 0.1) is 17.1 Å². The van der Waals surface area contributed by atoms with Crippen LogP contribution in [-0.2, 0) is 10.3 Å². The normalized spacial score (nSPS) is 18.6. The SMILES string of the molecule is CC(C)(N[C@@H]1C[C@H](c2cccc(C#N)c2)N(c2ccc(Cl)cn2)C1=O)c1ccc(F)cc1. The zero-order valence-electron chi connectivity index (χ0n) is 17.7. The van der Waals surface area contributed by atoms with Crippen LogP contribution in [0.5, 0.6) is 0 Å². The first kappa shape index (κ1) is 21.9. The first-order valence-electron chi connectivity index (χ1n) is 10.3. The van der Waals surface area contributed by atoms with Gasteiger partial charge >= 0.3 is 0 Å². The average Bonchev–Trinajstić information content (AvgIpc) is 3.10. The number of pyridine rings is 1. The summed E-state index contributed by atoms with van der Waals surface area (Å²) in [4.78, 5) is 19.6. The molecule has 0 radical (unpaired) electrons. The van der Waals surface area contributed by atoms with Crippen LogP contribution in [0.2, 0.25) is 5.02 Å². The lowest BCUT2D eigenvalue weighted by Crippen LogP contribution is -2.47. The van der Waals surface area contributed by atoms with E-state index in [1.165, 1.54) is 18.3 Å². The van der Waals surface area contributed by atoms with Gasteiger partial charge in [0.2, 0.25) is 5.91 Å². The third-order valence-corrected chi connectivity index (χ3v) is 5.99. The van der Waals surface area contributed by atoms with Crippen LogP contribution >= 0.6 is 11.6 Å². The van der Waals surface area contributed by atoms with E-state index in [0.717, 1.165) is 11.1 Å². The number of nitrogens with one attached hydrogen (secondary N) is 1. The van der Waals surface area contributed by atoms with Crippen LogP contribution in [-0.4, -0.2) is 16.9 Å². The summed E-state index contributed by atoms with van der Waals surface area (Å²) < 4.78 is 13.4. The van der Waals surface area contributed by atoms with Gasteiger partial charge in [-0.25, -0.2) is 9.37 Å². The lowest BCUT2D eigenvalue weighted by Gasteiger charge is -2.30. The van der Waals surface area contributed by atoms with Gasteiger partial charge in [-0.05, 0) is 67.8 Å². The summed E-state index contributed by atoms with van der Waals surface area (Å²) in [5.74, 6) is 0.0666. The third-order valence-electron chi connectivity index (χ3n) is 5.77. The van der Waals surface area contributed by atoms with E-state index >= 15 is 0 Å². The Balaban J connectivity index is 1.69. The summed E-state index contributed by atoms with van der Waals surface area (Å²) in [5, 5.41) is 13.3. The number of hydrogen-bond acceptors (Lipinski definition) is 4. The van der Waals surface area contributed by atoms with E-state index in [0.29, 0.717) is 22.8 Å². The van der Waals surface area contributed by atoms with E-state index in [-0.39, 0.29) is 17.8 Å². The zero-order chi connectivity index (χ0) is 22.9. The number of carbonyl (C=O) groups is 1. The van der Waals surface area contributed by atoms with Crippen LogP contribution in [0.3, 0.4) is 0 Å². The predicted octanol–water partition coefficient (Wildman–Crippen LogP) is 5.12. The van der Waals surface area contributed by atoms with Gasteiger partial charge in [0.05, 0.1) is 28.7 Å². The van der Waals surface area contributed by atoms with Crippen molar-refractivity contribution in [2.24, 2.45) is 0 Å². The molecule has 32 heavy (non-hydrogen) atoms. The Labute approximate surface area is 191 Å². The van der Waals surface area contributed by atoms with Gasteiger partial charge in [-0.1, -0.05) is 35.9 Å². The summed E-state index contributed by atoms with van der Waals surface area (Å²) in [7, 11) is 0. The molecule has 0 unspecified atom stereocenters. The van der Waals surface area contributed by atoms with Crippen molar-refractivity contribution in [3.05, 3.63) is 94.4 Å². The van der Waals surface area contributed by atoms with Crippen molar-refractivity contribution >= 4 is 23.3 Å². The number of amides is 1. The fourth-order valence-corrected chi connectivity index (χ4v) is 4.25. The molecule has 7 heteroatoms. The molecule has 1 aliphatic heterocycles. The van der Waals surface area contributed by atoms with Crippen molar-refractivity contribution < 1.29 is 9.18 Å². The molecule has 0 spiro atoms. The Morgan fingerprint density at radius 3 is 2.59 bits per heavy atom. The largest absolute Gasteiger partial charge is 0.297 e. The summed E-state index contributed by atoms with van der Waals surface area (Å²) in [6.07, 6.45) is 2.00. The van der Waals surface area contributed by atoms with Crippen molar-refractivity contribution in [1.82, 2.24) is 10.3 Å². The minimum atomic E-state index is -0.573. The zero-order valence-corrected chi connectivity index (χ0v) is 18.5. The molecule has 3 aromatic rings. The minimum Gasteiger partial charge on any atom is -0.297 e. The lowest BCUT2D eigenvalue weighted by molar-refractivity contribution is -0.119. The highest BCUT2D eigenvalue weighted by Crippen LogP contribution is 2.38. The number of carbonyl (C=O) groups excluding carboxylic acids is 1. The van der Waals surface area contributed by atoms with E-state index in [1.54, 1.807) is 41.3 Å². The molecule has 1 N–H and O–H groups in total. The fourth-order valence-electron chi connectivity index (χ4n) is 4.14. The molecular weight excluding hydrogens is 427 g/mol. The number of aromatic nitrogens is 1. The Hall–Kier alpha value is -3.27.